The lowest BCUT2D eigenvalue weighted by Crippen LogP contribution is -2.51. The molecule has 0 saturated carbocycles. The fraction of sp³-hybridized carbons (Fsp3) is 0.238. The highest BCUT2D eigenvalue weighted by Gasteiger charge is 2.36. The van der Waals surface area contributed by atoms with Crippen molar-refractivity contribution in [3.8, 4) is 0 Å². The zero-order valence-electron chi connectivity index (χ0n) is 15.6. The van der Waals surface area contributed by atoms with Crippen molar-refractivity contribution in [1.82, 2.24) is 10.6 Å². The van der Waals surface area contributed by atoms with Crippen LogP contribution in [-0.4, -0.2) is 11.0 Å². The monoisotopic (exact) mass is 401 g/mol. The van der Waals surface area contributed by atoms with Crippen LogP contribution in [0.25, 0.3) is 0 Å². The van der Waals surface area contributed by atoms with Crippen molar-refractivity contribution in [2.45, 2.75) is 25.8 Å². The fourth-order valence-corrected chi connectivity index (χ4v) is 3.41. The van der Waals surface area contributed by atoms with E-state index in [1.54, 1.807) is 0 Å². The van der Waals surface area contributed by atoms with Gasteiger partial charge in [-0.1, -0.05) is 44.7 Å². The second-order valence-corrected chi connectivity index (χ2v) is 7.43. The summed E-state index contributed by atoms with van der Waals surface area (Å²) in [7, 11) is 0. The van der Waals surface area contributed by atoms with E-state index in [1.807, 2.05) is 24.3 Å². The van der Waals surface area contributed by atoms with Crippen molar-refractivity contribution >= 4 is 28.9 Å². The molecule has 2 aromatic rings. The summed E-state index contributed by atoms with van der Waals surface area (Å²) in [5.41, 5.74) is 2.65. The SMILES string of the molecule is C=C1NC(=S)N[C@@H](c2ccc(C(C)C)cc2)[C@H]1C(=O)Nc1ccc(F)c(F)c1. The number of anilines is 1. The van der Waals surface area contributed by atoms with Crippen molar-refractivity contribution in [3.05, 3.63) is 77.5 Å². The molecule has 3 N–H and O–H groups in total. The Hall–Kier alpha value is -2.80. The van der Waals surface area contributed by atoms with Crippen LogP contribution in [0.3, 0.4) is 0 Å². The number of carbonyl (C=O) groups excluding carboxylic acids is 1. The zero-order valence-corrected chi connectivity index (χ0v) is 16.4. The number of hydrogen-bond acceptors (Lipinski definition) is 2. The Labute approximate surface area is 168 Å². The molecule has 1 fully saturated rings. The number of halogens is 2. The maximum atomic E-state index is 13.5. The third-order valence-electron chi connectivity index (χ3n) is 4.70. The van der Waals surface area contributed by atoms with Crippen molar-refractivity contribution in [2.24, 2.45) is 5.92 Å². The molecule has 0 aliphatic carbocycles. The van der Waals surface area contributed by atoms with Gasteiger partial charge in [0.1, 0.15) is 5.92 Å². The highest BCUT2D eigenvalue weighted by Crippen LogP contribution is 2.31. The Kier molecular flexibility index (Phi) is 5.74. The molecule has 146 valence electrons. The van der Waals surface area contributed by atoms with Gasteiger partial charge in [-0.05, 0) is 41.4 Å². The Morgan fingerprint density at radius 2 is 1.82 bits per heavy atom. The van der Waals surface area contributed by atoms with Crippen LogP contribution < -0.4 is 16.0 Å². The predicted molar refractivity (Wildman–Crippen MR) is 110 cm³/mol. The number of rotatable bonds is 4. The molecular weight excluding hydrogens is 380 g/mol. The maximum Gasteiger partial charge on any atom is 0.235 e. The van der Waals surface area contributed by atoms with E-state index in [1.165, 1.54) is 11.6 Å². The van der Waals surface area contributed by atoms with Crippen LogP contribution in [0.1, 0.15) is 36.9 Å². The molecule has 1 aliphatic rings. The minimum atomic E-state index is -1.03. The van der Waals surface area contributed by atoms with E-state index < -0.39 is 29.5 Å². The second-order valence-electron chi connectivity index (χ2n) is 7.02. The number of carbonyl (C=O) groups is 1. The second kappa shape index (κ2) is 8.06. The first-order chi connectivity index (χ1) is 13.3. The molecule has 0 bridgehead atoms. The zero-order chi connectivity index (χ0) is 20.4. The van der Waals surface area contributed by atoms with Crippen molar-refractivity contribution in [2.75, 3.05) is 5.32 Å². The van der Waals surface area contributed by atoms with Crippen LogP contribution in [-0.2, 0) is 4.79 Å². The summed E-state index contributed by atoms with van der Waals surface area (Å²) in [5, 5.41) is 8.99. The summed E-state index contributed by atoms with van der Waals surface area (Å²) in [6, 6.07) is 10.7. The molecule has 2 aromatic carbocycles. The lowest BCUT2D eigenvalue weighted by Gasteiger charge is -2.35. The van der Waals surface area contributed by atoms with E-state index >= 15 is 0 Å². The molecule has 28 heavy (non-hydrogen) atoms. The maximum absolute atomic E-state index is 13.5. The fourth-order valence-electron chi connectivity index (χ4n) is 3.15. The van der Waals surface area contributed by atoms with Gasteiger partial charge in [-0.15, -0.1) is 0 Å². The quantitative estimate of drug-likeness (QED) is 0.666. The van der Waals surface area contributed by atoms with E-state index in [9.17, 15) is 13.6 Å². The van der Waals surface area contributed by atoms with Crippen LogP contribution in [0.15, 0.2) is 54.7 Å². The van der Waals surface area contributed by atoms with E-state index in [4.69, 9.17) is 12.2 Å². The molecule has 0 spiro atoms. The molecule has 3 rings (SSSR count). The molecule has 2 atom stereocenters. The number of hydrogen-bond donors (Lipinski definition) is 3. The molecule has 1 heterocycles. The average molecular weight is 401 g/mol. The first-order valence-corrected chi connectivity index (χ1v) is 9.29. The first kappa shape index (κ1) is 19.9. The molecule has 1 aliphatic heterocycles. The van der Waals surface area contributed by atoms with Gasteiger partial charge in [-0.25, -0.2) is 8.78 Å². The smallest absolute Gasteiger partial charge is 0.235 e. The summed E-state index contributed by atoms with van der Waals surface area (Å²) >= 11 is 5.22. The first-order valence-electron chi connectivity index (χ1n) is 8.88. The molecular formula is C21H21F2N3OS. The molecule has 7 heteroatoms. The van der Waals surface area contributed by atoms with Gasteiger partial charge in [0.2, 0.25) is 5.91 Å². The normalized spacial score (nSPS) is 19.2. The summed E-state index contributed by atoms with van der Waals surface area (Å²) in [6.45, 7) is 8.14. The Morgan fingerprint density at radius 1 is 1.14 bits per heavy atom. The number of nitrogens with one attached hydrogen (secondary N) is 3. The summed E-state index contributed by atoms with van der Waals surface area (Å²) in [5.74, 6) is -2.73. The van der Waals surface area contributed by atoms with Gasteiger partial charge in [0.25, 0.3) is 0 Å². The molecule has 0 unspecified atom stereocenters. The number of amides is 1. The topological polar surface area (TPSA) is 53.2 Å². The van der Waals surface area contributed by atoms with Gasteiger partial charge in [0.05, 0.1) is 6.04 Å². The molecule has 0 radical (unpaired) electrons. The van der Waals surface area contributed by atoms with E-state index in [0.29, 0.717) is 16.7 Å². The van der Waals surface area contributed by atoms with Gasteiger partial charge in [-0.3, -0.25) is 4.79 Å². The summed E-state index contributed by atoms with van der Waals surface area (Å²) in [4.78, 5) is 12.9. The highest BCUT2D eigenvalue weighted by atomic mass is 32.1. The molecule has 0 aromatic heterocycles. The Morgan fingerprint density at radius 3 is 2.43 bits per heavy atom. The highest BCUT2D eigenvalue weighted by molar-refractivity contribution is 7.80. The van der Waals surface area contributed by atoms with Crippen LogP contribution in [0.5, 0.6) is 0 Å². The van der Waals surface area contributed by atoms with Gasteiger partial charge < -0.3 is 16.0 Å². The average Bonchev–Trinajstić information content (AvgIpc) is 2.64. The lowest BCUT2D eigenvalue weighted by atomic mass is 9.87. The minimum Gasteiger partial charge on any atom is -0.354 e. The van der Waals surface area contributed by atoms with E-state index in [2.05, 4.69) is 36.4 Å². The van der Waals surface area contributed by atoms with E-state index in [-0.39, 0.29) is 5.69 Å². The minimum absolute atomic E-state index is 0.166. The van der Waals surface area contributed by atoms with Crippen LogP contribution in [0.2, 0.25) is 0 Å². The van der Waals surface area contributed by atoms with Crippen molar-refractivity contribution < 1.29 is 13.6 Å². The standard InChI is InChI=1S/C21H21F2N3OS/c1-11(2)13-4-6-14(7-5-13)19-18(12(3)24-21(28)26-19)20(27)25-15-8-9-16(22)17(23)10-15/h4-11,18-19H,3H2,1-2H3,(H,25,27)(H2,24,26,28)/t18-,19-/m0/s1. The Balaban J connectivity index is 1.88. The number of benzene rings is 2. The van der Waals surface area contributed by atoms with Gasteiger partial charge in [0, 0.05) is 17.5 Å². The third kappa shape index (κ3) is 4.20. The largest absolute Gasteiger partial charge is 0.354 e. The predicted octanol–water partition coefficient (Wildman–Crippen LogP) is 4.38. The Bertz CT molecular complexity index is 928. The van der Waals surface area contributed by atoms with Gasteiger partial charge >= 0.3 is 0 Å². The molecule has 4 nitrogen and oxygen atoms in total. The van der Waals surface area contributed by atoms with Gasteiger partial charge in [-0.2, -0.15) is 0 Å². The van der Waals surface area contributed by atoms with Crippen LogP contribution >= 0.6 is 12.2 Å². The van der Waals surface area contributed by atoms with Crippen molar-refractivity contribution in [3.63, 3.8) is 0 Å². The van der Waals surface area contributed by atoms with Crippen LogP contribution in [0.4, 0.5) is 14.5 Å². The summed E-state index contributed by atoms with van der Waals surface area (Å²) < 4.78 is 26.6. The molecule has 1 amide bonds. The van der Waals surface area contributed by atoms with E-state index in [0.717, 1.165) is 17.7 Å². The number of thiocarbonyl (C=S) groups is 1. The van der Waals surface area contributed by atoms with Crippen molar-refractivity contribution in [1.29, 1.82) is 0 Å². The summed E-state index contributed by atoms with van der Waals surface area (Å²) in [6.07, 6.45) is 0. The van der Waals surface area contributed by atoms with Crippen LogP contribution in [0, 0.1) is 17.6 Å². The van der Waals surface area contributed by atoms with Gasteiger partial charge in [0.15, 0.2) is 16.7 Å². The third-order valence-corrected chi connectivity index (χ3v) is 4.92. The lowest BCUT2D eigenvalue weighted by molar-refractivity contribution is -0.119. The molecule has 1 saturated heterocycles.